The number of hydrogen-bond donors (Lipinski definition) is 2. The van der Waals surface area contributed by atoms with Crippen molar-refractivity contribution in [2.75, 3.05) is 27.2 Å². The summed E-state index contributed by atoms with van der Waals surface area (Å²) in [7, 11) is 3.99. The molecule has 4 nitrogen and oxygen atoms in total. The van der Waals surface area contributed by atoms with E-state index in [-0.39, 0.29) is 23.0 Å². The van der Waals surface area contributed by atoms with Gasteiger partial charge >= 0.3 is 0 Å². The molecule has 0 aliphatic carbocycles. The minimum Gasteiger partial charge on any atom is -0.392 e. The molecule has 0 bridgehead atoms. The second-order valence-corrected chi connectivity index (χ2v) is 6.35. The Kier molecular flexibility index (Phi) is 5.27. The van der Waals surface area contributed by atoms with Gasteiger partial charge in [-0.1, -0.05) is 12.2 Å². The summed E-state index contributed by atoms with van der Waals surface area (Å²) in [5, 5.41) is 9.88. The number of nitrogens with zero attached hydrogens (tertiary/aromatic N) is 2. The molecule has 0 saturated carbocycles. The first-order valence-corrected chi connectivity index (χ1v) is 7.42. The number of benzene rings is 1. The van der Waals surface area contributed by atoms with Crippen LogP contribution in [0.25, 0.3) is 0 Å². The smallest absolute Gasteiger partial charge is 0.127 e. The monoisotopic (exact) mass is 311 g/mol. The van der Waals surface area contributed by atoms with Gasteiger partial charge in [0.2, 0.25) is 0 Å². The average Bonchev–Trinajstić information content (AvgIpc) is 2.71. The molecule has 1 aliphatic heterocycles. The predicted molar refractivity (Wildman–Crippen MR) is 85.7 cm³/mol. The summed E-state index contributed by atoms with van der Waals surface area (Å²) in [6.45, 7) is 1.86. The van der Waals surface area contributed by atoms with E-state index < -0.39 is 0 Å². The van der Waals surface area contributed by atoms with Crippen LogP contribution in [-0.2, 0) is 6.54 Å². The average molecular weight is 311 g/mol. The Balaban J connectivity index is 2.16. The lowest BCUT2D eigenvalue weighted by Gasteiger charge is -2.27. The second kappa shape index (κ2) is 6.79. The van der Waals surface area contributed by atoms with Crippen LogP contribution in [-0.4, -0.2) is 59.2 Å². The van der Waals surface area contributed by atoms with Crippen molar-refractivity contribution < 1.29 is 9.50 Å². The van der Waals surface area contributed by atoms with E-state index in [0.29, 0.717) is 24.2 Å². The van der Waals surface area contributed by atoms with Gasteiger partial charge in [-0.15, -0.1) is 0 Å². The number of rotatable bonds is 5. The quantitative estimate of drug-likeness (QED) is 0.793. The van der Waals surface area contributed by atoms with Crippen molar-refractivity contribution in [1.82, 2.24) is 9.80 Å². The molecule has 2 rings (SSSR count). The third-order valence-electron chi connectivity index (χ3n) is 3.79. The zero-order valence-corrected chi connectivity index (χ0v) is 13.2. The van der Waals surface area contributed by atoms with Crippen LogP contribution in [0.3, 0.4) is 0 Å². The fourth-order valence-electron chi connectivity index (χ4n) is 2.83. The molecule has 1 heterocycles. The number of aliphatic hydroxyl groups is 1. The zero-order chi connectivity index (χ0) is 15.6. The van der Waals surface area contributed by atoms with E-state index in [1.165, 1.54) is 6.07 Å². The van der Waals surface area contributed by atoms with Crippen molar-refractivity contribution in [3.05, 3.63) is 35.1 Å². The first kappa shape index (κ1) is 16.3. The highest BCUT2D eigenvalue weighted by atomic mass is 32.1. The Morgan fingerprint density at radius 3 is 2.86 bits per heavy atom. The van der Waals surface area contributed by atoms with Gasteiger partial charge in [0, 0.05) is 36.8 Å². The summed E-state index contributed by atoms with van der Waals surface area (Å²) >= 11 is 4.94. The second-order valence-electron chi connectivity index (χ2n) is 5.91. The van der Waals surface area contributed by atoms with Gasteiger partial charge < -0.3 is 15.7 Å². The Morgan fingerprint density at radius 1 is 1.52 bits per heavy atom. The summed E-state index contributed by atoms with van der Waals surface area (Å²) in [6.07, 6.45) is 0.367. The van der Waals surface area contributed by atoms with Gasteiger partial charge in [0.15, 0.2) is 0 Å². The van der Waals surface area contributed by atoms with Gasteiger partial charge in [-0.25, -0.2) is 4.39 Å². The molecule has 3 N–H and O–H groups in total. The van der Waals surface area contributed by atoms with Gasteiger partial charge in [0.25, 0.3) is 0 Å². The molecule has 1 fully saturated rings. The Labute approximate surface area is 130 Å². The maximum Gasteiger partial charge on any atom is 0.127 e. The number of likely N-dealkylation sites (tertiary alicyclic amines) is 1. The van der Waals surface area contributed by atoms with Crippen LogP contribution in [0.15, 0.2) is 18.2 Å². The maximum absolute atomic E-state index is 14.0. The van der Waals surface area contributed by atoms with Crippen LogP contribution in [0, 0.1) is 5.82 Å². The normalized spacial score (nSPS) is 22.9. The van der Waals surface area contributed by atoms with E-state index in [4.69, 9.17) is 18.0 Å². The number of halogens is 1. The zero-order valence-electron chi connectivity index (χ0n) is 12.4. The SMILES string of the molecule is CN(C)CC1CC(O)CN1Cc1cc(C(N)=S)ccc1F. The molecule has 21 heavy (non-hydrogen) atoms. The van der Waals surface area contributed by atoms with E-state index >= 15 is 0 Å². The highest BCUT2D eigenvalue weighted by Crippen LogP contribution is 2.22. The molecule has 116 valence electrons. The lowest BCUT2D eigenvalue weighted by Crippen LogP contribution is -2.37. The van der Waals surface area contributed by atoms with Crippen molar-refractivity contribution in [2.45, 2.75) is 25.1 Å². The van der Waals surface area contributed by atoms with Crippen LogP contribution in [0.4, 0.5) is 4.39 Å². The molecule has 0 aromatic heterocycles. The van der Waals surface area contributed by atoms with Gasteiger partial charge in [0.1, 0.15) is 10.8 Å². The van der Waals surface area contributed by atoms with Gasteiger partial charge in [-0.2, -0.15) is 0 Å². The summed E-state index contributed by atoms with van der Waals surface area (Å²) < 4.78 is 14.0. The lowest BCUT2D eigenvalue weighted by molar-refractivity contribution is 0.168. The topological polar surface area (TPSA) is 52.7 Å². The van der Waals surface area contributed by atoms with E-state index in [1.54, 1.807) is 12.1 Å². The fraction of sp³-hybridized carbons (Fsp3) is 0.533. The molecule has 2 atom stereocenters. The molecule has 1 aromatic rings. The van der Waals surface area contributed by atoms with Crippen LogP contribution < -0.4 is 5.73 Å². The fourth-order valence-corrected chi connectivity index (χ4v) is 2.96. The third kappa shape index (κ3) is 4.20. The molecule has 1 aromatic carbocycles. The number of β-amino-alcohol motifs (C(OH)–C–C–N with tert-alkyl or cyclic N) is 1. The number of likely N-dealkylation sites (N-methyl/N-ethyl adjacent to an activating group) is 1. The minimum absolute atomic E-state index is 0.225. The van der Waals surface area contributed by atoms with Crippen LogP contribution in [0.2, 0.25) is 0 Å². The molecule has 1 saturated heterocycles. The molecular formula is C15H22FN3OS. The number of thiocarbonyl (C=S) groups is 1. The Hall–Kier alpha value is -1.08. The van der Waals surface area contributed by atoms with E-state index in [1.807, 2.05) is 14.1 Å². The standard InChI is InChI=1S/C15H22FN3OS/c1-18(2)8-12-6-13(20)9-19(12)7-11-5-10(15(17)21)3-4-14(11)16/h3-5,12-13,20H,6-9H2,1-2H3,(H2,17,21). The Morgan fingerprint density at radius 2 is 2.24 bits per heavy atom. The summed E-state index contributed by atoms with van der Waals surface area (Å²) in [6, 6.07) is 4.92. The van der Waals surface area contributed by atoms with Crippen molar-refractivity contribution in [3.63, 3.8) is 0 Å². The van der Waals surface area contributed by atoms with E-state index in [9.17, 15) is 9.50 Å². The first-order valence-electron chi connectivity index (χ1n) is 7.02. The summed E-state index contributed by atoms with van der Waals surface area (Å²) in [5.41, 5.74) is 6.84. The van der Waals surface area contributed by atoms with Gasteiger partial charge in [-0.3, -0.25) is 4.90 Å². The highest BCUT2D eigenvalue weighted by Gasteiger charge is 2.31. The number of hydrogen-bond acceptors (Lipinski definition) is 4. The van der Waals surface area contributed by atoms with Crippen LogP contribution >= 0.6 is 12.2 Å². The van der Waals surface area contributed by atoms with Crippen molar-refractivity contribution in [3.8, 4) is 0 Å². The van der Waals surface area contributed by atoms with Gasteiger partial charge in [-0.05, 0) is 38.7 Å². The molecule has 1 aliphatic rings. The van der Waals surface area contributed by atoms with Crippen molar-refractivity contribution in [1.29, 1.82) is 0 Å². The lowest BCUT2D eigenvalue weighted by atomic mass is 10.1. The number of nitrogens with two attached hydrogens (primary N) is 1. The predicted octanol–water partition coefficient (Wildman–Crippen LogP) is 0.957. The number of aliphatic hydroxyl groups excluding tert-OH is 1. The highest BCUT2D eigenvalue weighted by molar-refractivity contribution is 7.80. The van der Waals surface area contributed by atoms with Crippen LogP contribution in [0.5, 0.6) is 0 Å². The molecule has 6 heteroatoms. The molecule has 0 spiro atoms. The van der Waals surface area contributed by atoms with Crippen LogP contribution in [0.1, 0.15) is 17.5 Å². The third-order valence-corrected chi connectivity index (χ3v) is 4.02. The maximum atomic E-state index is 14.0. The molecular weight excluding hydrogens is 289 g/mol. The van der Waals surface area contributed by atoms with E-state index in [2.05, 4.69) is 9.80 Å². The largest absolute Gasteiger partial charge is 0.392 e. The van der Waals surface area contributed by atoms with Crippen molar-refractivity contribution >= 4 is 17.2 Å². The first-order chi connectivity index (χ1) is 9.86. The molecule has 0 amide bonds. The summed E-state index contributed by atoms with van der Waals surface area (Å²) in [5.74, 6) is -0.264. The van der Waals surface area contributed by atoms with Gasteiger partial charge in [0.05, 0.1) is 6.10 Å². The minimum atomic E-state index is -0.350. The van der Waals surface area contributed by atoms with Crippen molar-refractivity contribution in [2.24, 2.45) is 5.73 Å². The molecule has 0 radical (unpaired) electrons. The Bertz CT molecular complexity index is 524. The summed E-state index contributed by atoms with van der Waals surface area (Å²) in [4.78, 5) is 4.46. The molecule has 2 unspecified atom stereocenters. The van der Waals surface area contributed by atoms with E-state index in [0.717, 1.165) is 13.0 Å².